The molecule has 63 heavy (non-hydrogen) atoms. The molecule has 12 nitrogen and oxygen atoms in total. The van der Waals surface area contributed by atoms with Crippen LogP contribution in [0.15, 0.2) is 0 Å². The molecule has 0 fully saturated rings. The number of rotatable bonds is 43. The van der Waals surface area contributed by atoms with Crippen molar-refractivity contribution in [2.24, 2.45) is 5.73 Å². The van der Waals surface area contributed by atoms with Gasteiger partial charge in [-0.2, -0.15) is 24.9 Å². The highest BCUT2D eigenvalue weighted by Crippen LogP contribution is 2.17. The van der Waals surface area contributed by atoms with E-state index in [1.807, 2.05) is 0 Å². The summed E-state index contributed by atoms with van der Waals surface area (Å²) in [6, 6.07) is -2.46. The number of hydrogen-bond donors (Lipinski definition) is 5. The van der Waals surface area contributed by atoms with Gasteiger partial charge in [0, 0.05) is 24.3 Å². The van der Waals surface area contributed by atoms with Crippen molar-refractivity contribution in [2.75, 3.05) is 24.7 Å². The first-order valence-electron chi connectivity index (χ1n) is 24.3. The Bertz CT molecular complexity index is 1140. The van der Waals surface area contributed by atoms with Gasteiger partial charge in [-0.25, -0.2) is 9.59 Å². The summed E-state index contributed by atoms with van der Waals surface area (Å²) in [6.45, 7) is 3.70. The van der Waals surface area contributed by atoms with Crippen LogP contribution in [-0.2, 0) is 33.4 Å². The van der Waals surface area contributed by atoms with Crippen LogP contribution in [0, 0.1) is 0 Å². The number of thioether (sulfide) groups is 1. The zero-order chi connectivity index (χ0) is 47.4. The fourth-order valence-electron chi connectivity index (χ4n) is 6.77. The van der Waals surface area contributed by atoms with E-state index < -0.39 is 48.8 Å². The summed E-state index contributed by atoms with van der Waals surface area (Å²) in [5.41, 5.74) is 5.95. The first-order chi connectivity index (χ1) is 30.2. The Labute approximate surface area is 381 Å². The molecule has 0 aromatic carbocycles. The topological polar surface area (TPSA) is 203 Å². The highest BCUT2D eigenvalue weighted by molar-refractivity contribution is 7.99. The average molecular weight is 929 g/mol. The van der Waals surface area contributed by atoms with Crippen molar-refractivity contribution in [3.8, 4) is 0 Å². The molecule has 0 saturated carbocycles. The van der Waals surface area contributed by atoms with Crippen LogP contribution < -0.4 is 11.1 Å². The third-order valence-corrected chi connectivity index (χ3v) is 11.9. The highest BCUT2D eigenvalue weighted by Gasteiger charge is 2.38. The molecule has 3 atom stereocenters. The summed E-state index contributed by atoms with van der Waals surface area (Å²) >= 11 is 1.26. The molecule has 0 bridgehead atoms. The number of nitrogens with two attached hydrogens (primary N) is 1. The second-order valence-electron chi connectivity index (χ2n) is 16.7. The Kier molecular flexibility index (Phi) is 44.2. The first-order valence-corrected chi connectivity index (χ1v) is 25.5. The van der Waals surface area contributed by atoms with Gasteiger partial charge in [-0.1, -0.05) is 194 Å². The number of esters is 2. The lowest BCUT2D eigenvalue weighted by atomic mass is 10.0. The number of ether oxygens (including phenoxy) is 2. The fraction of sp³-hybridized carbons (Fsp3) is 0.894. The number of halogens is 3. The highest BCUT2D eigenvalue weighted by atomic mass is 32.2. The first kappa shape index (κ1) is 62.5. The molecule has 0 heterocycles. The van der Waals surface area contributed by atoms with Crippen LogP contribution in [0.4, 0.5) is 13.2 Å². The normalized spacial score (nSPS) is 12.7. The van der Waals surface area contributed by atoms with Gasteiger partial charge in [0.25, 0.3) is 0 Å². The van der Waals surface area contributed by atoms with Gasteiger partial charge in [-0.3, -0.25) is 14.4 Å². The quantitative estimate of drug-likeness (QED) is 0.0286. The second-order valence-corrected chi connectivity index (χ2v) is 17.8. The second kappa shape index (κ2) is 44.6. The number of carbonyl (C=O) groups excluding carboxylic acids is 3. The van der Waals surface area contributed by atoms with E-state index in [0.29, 0.717) is 12.8 Å². The molecular formula is C47H87F3N2O10S. The lowest BCUT2D eigenvalue weighted by Crippen LogP contribution is -2.50. The Morgan fingerprint density at radius 2 is 0.905 bits per heavy atom. The van der Waals surface area contributed by atoms with E-state index in [9.17, 15) is 37.5 Å². The molecule has 0 aliphatic heterocycles. The van der Waals surface area contributed by atoms with E-state index in [-0.39, 0.29) is 30.1 Å². The van der Waals surface area contributed by atoms with Gasteiger partial charge in [0.15, 0.2) is 0 Å². The van der Waals surface area contributed by atoms with E-state index in [0.717, 1.165) is 38.5 Å². The van der Waals surface area contributed by atoms with Crippen LogP contribution in [0.25, 0.3) is 0 Å². The largest absolute Gasteiger partial charge is 0.490 e. The molecule has 1 amide bonds. The number of carboxylic acid groups (broad SMARTS) is 2. The molecule has 0 radical (unpaired) electrons. The average Bonchev–Trinajstić information content (AvgIpc) is 3.24. The molecule has 0 aliphatic carbocycles. The smallest absolute Gasteiger partial charge is 0.480 e. The van der Waals surface area contributed by atoms with Crippen LogP contribution in [0.5, 0.6) is 0 Å². The number of carbonyl (C=O) groups is 5. The number of amides is 1. The van der Waals surface area contributed by atoms with Crippen molar-refractivity contribution in [1.82, 2.24) is 5.32 Å². The van der Waals surface area contributed by atoms with Gasteiger partial charge in [0.2, 0.25) is 5.91 Å². The van der Waals surface area contributed by atoms with E-state index in [4.69, 9.17) is 30.2 Å². The van der Waals surface area contributed by atoms with Crippen molar-refractivity contribution < 1.29 is 61.9 Å². The van der Waals surface area contributed by atoms with Crippen molar-refractivity contribution in [2.45, 2.75) is 244 Å². The molecule has 0 saturated heterocycles. The molecule has 372 valence electrons. The van der Waals surface area contributed by atoms with Crippen LogP contribution in [-0.4, -0.2) is 94.2 Å². The number of nitrogens with one attached hydrogen (secondary N) is 1. The van der Waals surface area contributed by atoms with Crippen LogP contribution in [0.3, 0.4) is 0 Å². The Morgan fingerprint density at radius 3 is 1.22 bits per heavy atom. The number of carboxylic acids is 2. The summed E-state index contributed by atoms with van der Waals surface area (Å²) in [5.74, 6) is -5.06. The number of alkyl halides is 3. The molecule has 6 N–H and O–H groups in total. The third kappa shape index (κ3) is 44.4. The van der Waals surface area contributed by atoms with E-state index in [1.165, 1.54) is 166 Å². The van der Waals surface area contributed by atoms with E-state index in [1.54, 1.807) is 0 Å². The molecule has 16 heteroatoms. The summed E-state index contributed by atoms with van der Waals surface area (Å²) in [6.07, 6.45) is 32.3. The maximum atomic E-state index is 12.7. The number of hydrogen-bond acceptors (Lipinski definition) is 10. The van der Waals surface area contributed by atoms with E-state index >= 15 is 0 Å². The Balaban J connectivity index is 0. The third-order valence-electron chi connectivity index (χ3n) is 10.7. The number of aliphatic hydroxyl groups excluding tert-OH is 1. The van der Waals surface area contributed by atoms with Crippen LogP contribution in [0.1, 0.15) is 219 Å². The zero-order valence-corrected chi connectivity index (χ0v) is 39.8. The summed E-state index contributed by atoms with van der Waals surface area (Å²) < 4.78 is 43.0. The zero-order valence-electron chi connectivity index (χ0n) is 39.0. The van der Waals surface area contributed by atoms with Crippen molar-refractivity contribution in [1.29, 1.82) is 0 Å². The van der Waals surface area contributed by atoms with Crippen molar-refractivity contribution in [3.63, 3.8) is 0 Å². The van der Waals surface area contributed by atoms with E-state index in [2.05, 4.69) is 19.2 Å². The standard InChI is InChI=1S/C45H86N2O8S.C2HF3O2/c1-3-5-7-9-11-13-15-17-19-21-23-25-27-29-31-33-42(49)54-36-39(37-56-38-40(46)44(51)47-41(35-48)45(52)53)55-43(50)34-32-30-28-26-24-22-20-18-16-14-12-10-8-6-4-2;3-2(4,5)1(6)7/h39-41,48H,3-38,46H2,1-2H3,(H,47,51)(H,52,53);(H,6,7)/t39-,40+,41+;/m1./s1. The minimum absolute atomic E-state index is 0.0673. The summed E-state index contributed by atoms with van der Waals surface area (Å²) in [5, 5.41) is 27.6. The molecular weight excluding hydrogens is 842 g/mol. The van der Waals surface area contributed by atoms with Gasteiger partial charge in [0.1, 0.15) is 18.8 Å². The molecule has 0 unspecified atom stereocenters. The Morgan fingerprint density at radius 1 is 0.571 bits per heavy atom. The molecule has 0 aromatic heterocycles. The van der Waals surface area contributed by atoms with Gasteiger partial charge >= 0.3 is 30.1 Å². The monoisotopic (exact) mass is 929 g/mol. The lowest BCUT2D eigenvalue weighted by molar-refractivity contribution is -0.192. The number of aliphatic hydroxyl groups is 1. The van der Waals surface area contributed by atoms with Crippen LogP contribution >= 0.6 is 11.8 Å². The van der Waals surface area contributed by atoms with Gasteiger partial charge in [0.05, 0.1) is 12.6 Å². The van der Waals surface area contributed by atoms with Gasteiger partial charge in [-0.05, 0) is 12.8 Å². The SMILES string of the molecule is CCCCCCCCCCCCCCCCCC(=O)OC[C@H](CSC[C@H](N)C(=O)N[C@@H](CO)C(=O)O)OC(=O)CCCCCCCCCCCCCCCCC.O=C(O)C(F)(F)F. The minimum Gasteiger partial charge on any atom is -0.480 e. The van der Waals surface area contributed by atoms with Crippen LogP contribution in [0.2, 0.25) is 0 Å². The number of aliphatic carboxylic acids is 2. The fourth-order valence-corrected chi connectivity index (χ4v) is 7.74. The summed E-state index contributed by atoms with van der Waals surface area (Å²) in [4.78, 5) is 57.6. The van der Waals surface area contributed by atoms with Gasteiger partial charge in [-0.15, -0.1) is 0 Å². The van der Waals surface area contributed by atoms with Crippen molar-refractivity contribution in [3.05, 3.63) is 0 Å². The van der Waals surface area contributed by atoms with Gasteiger partial charge < -0.3 is 35.8 Å². The minimum atomic E-state index is -5.08. The maximum absolute atomic E-state index is 12.7. The molecule has 0 rings (SSSR count). The Hall–Kier alpha value is -2.59. The lowest BCUT2D eigenvalue weighted by Gasteiger charge is -2.19. The van der Waals surface area contributed by atoms with Crippen molar-refractivity contribution >= 4 is 41.5 Å². The maximum Gasteiger partial charge on any atom is 0.490 e. The predicted molar refractivity (Wildman–Crippen MR) is 246 cm³/mol. The molecule has 0 aliphatic rings. The summed E-state index contributed by atoms with van der Waals surface area (Å²) in [7, 11) is 0. The molecule has 0 spiro atoms. The number of unbranched alkanes of at least 4 members (excludes halogenated alkanes) is 28. The molecule has 0 aromatic rings. The predicted octanol–water partition coefficient (Wildman–Crippen LogP) is 11.2.